The Morgan fingerprint density at radius 2 is 2.17 bits per heavy atom. The Morgan fingerprint density at radius 1 is 1.44 bits per heavy atom. The van der Waals surface area contributed by atoms with Crippen LogP contribution in [0.15, 0.2) is 24.3 Å². The molecule has 2 N–H and O–H groups in total. The summed E-state index contributed by atoms with van der Waals surface area (Å²) in [6.07, 6.45) is 1.77. The molecule has 0 atom stereocenters. The molecule has 2 rings (SSSR count). The average molecular weight is 248 g/mol. The molecule has 0 aromatic heterocycles. The molecule has 18 heavy (non-hydrogen) atoms. The van der Waals surface area contributed by atoms with Gasteiger partial charge in [0.15, 0.2) is 0 Å². The number of carbonyl (C=O) groups excluding carboxylic acids is 1. The lowest BCUT2D eigenvalue weighted by Crippen LogP contribution is -2.36. The monoisotopic (exact) mass is 248 g/mol. The van der Waals surface area contributed by atoms with Crippen LogP contribution in [-0.2, 0) is 16.1 Å². The van der Waals surface area contributed by atoms with E-state index < -0.39 is 0 Å². The van der Waals surface area contributed by atoms with Gasteiger partial charge < -0.3 is 10.5 Å². The maximum atomic E-state index is 11.4. The molecule has 1 aromatic carbocycles. The number of hydrogen-bond acceptors (Lipinski definition) is 4. The molecule has 1 saturated heterocycles. The minimum atomic E-state index is -0.0707. The van der Waals surface area contributed by atoms with Crippen molar-refractivity contribution in [1.82, 2.24) is 4.90 Å². The van der Waals surface area contributed by atoms with Gasteiger partial charge in [0.25, 0.3) is 0 Å². The van der Waals surface area contributed by atoms with Gasteiger partial charge in [-0.2, -0.15) is 0 Å². The molecular formula is C14H20N2O2. The number of nitrogens with two attached hydrogens (primary N) is 1. The number of likely N-dealkylation sites (tertiary alicyclic amines) is 1. The number of carbonyl (C=O) groups is 1. The fourth-order valence-electron chi connectivity index (χ4n) is 2.44. The number of nitrogens with zero attached hydrogens (tertiary/aromatic N) is 1. The first-order valence-corrected chi connectivity index (χ1v) is 6.33. The molecule has 1 aromatic rings. The largest absolute Gasteiger partial charge is 0.469 e. The number of anilines is 1. The second-order valence-electron chi connectivity index (χ2n) is 4.82. The summed E-state index contributed by atoms with van der Waals surface area (Å²) in [5, 5.41) is 0. The Hall–Kier alpha value is -1.55. The minimum absolute atomic E-state index is 0.0707. The van der Waals surface area contributed by atoms with Crippen LogP contribution < -0.4 is 5.73 Å². The highest BCUT2D eigenvalue weighted by Crippen LogP contribution is 2.20. The lowest BCUT2D eigenvalue weighted by atomic mass is 9.96. The SMILES string of the molecule is COC(=O)C1CCN(Cc2cccc(N)c2)CC1. The van der Waals surface area contributed by atoms with Crippen molar-refractivity contribution in [3.8, 4) is 0 Å². The number of methoxy groups -OCH3 is 1. The molecule has 0 saturated carbocycles. The number of nitrogen functional groups attached to an aromatic ring is 1. The number of benzene rings is 1. The molecule has 0 spiro atoms. The minimum Gasteiger partial charge on any atom is -0.469 e. The van der Waals surface area contributed by atoms with E-state index in [1.807, 2.05) is 18.2 Å². The van der Waals surface area contributed by atoms with Crippen LogP contribution in [0, 0.1) is 5.92 Å². The fraction of sp³-hybridized carbons (Fsp3) is 0.500. The molecule has 1 heterocycles. The van der Waals surface area contributed by atoms with E-state index in [9.17, 15) is 4.79 Å². The Morgan fingerprint density at radius 3 is 2.78 bits per heavy atom. The van der Waals surface area contributed by atoms with Crippen LogP contribution >= 0.6 is 0 Å². The van der Waals surface area contributed by atoms with Crippen molar-refractivity contribution >= 4 is 11.7 Å². The first kappa shape index (κ1) is 12.9. The molecule has 0 amide bonds. The third-order valence-electron chi connectivity index (χ3n) is 3.48. The smallest absolute Gasteiger partial charge is 0.308 e. The van der Waals surface area contributed by atoms with Crippen LogP contribution in [0.2, 0.25) is 0 Å². The molecule has 98 valence electrons. The van der Waals surface area contributed by atoms with E-state index in [4.69, 9.17) is 10.5 Å². The third-order valence-corrected chi connectivity index (χ3v) is 3.48. The normalized spacial score (nSPS) is 17.6. The number of rotatable bonds is 3. The maximum absolute atomic E-state index is 11.4. The van der Waals surface area contributed by atoms with Gasteiger partial charge in [0.2, 0.25) is 0 Å². The van der Waals surface area contributed by atoms with Crippen molar-refractivity contribution in [2.24, 2.45) is 5.92 Å². The second-order valence-corrected chi connectivity index (χ2v) is 4.82. The van der Waals surface area contributed by atoms with Crippen molar-refractivity contribution in [3.05, 3.63) is 29.8 Å². The predicted octanol–water partition coefficient (Wildman–Crippen LogP) is 1.65. The summed E-state index contributed by atoms with van der Waals surface area (Å²) in [5.41, 5.74) is 7.79. The number of hydrogen-bond donors (Lipinski definition) is 1. The first-order chi connectivity index (χ1) is 8.69. The molecule has 0 radical (unpaired) electrons. The topological polar surface area (TPSA) is 55.6 Å². The standard InChI is InChI=1S/C14H20N2O2/c1-18-14(17)12-5-7-16(8-6-12)10-11-3-2-4-13(15)9-11/h2-4,9,12H,5-8,10,15H2,1H3. The van der Waals surface area contributed by atoms with Crippen molar-refractivity contribution < 1.29 is 9.53 Å². The van der Waals surface area contributed by atoms with E-state index in [1.165, 1.54) is 12.7 Å². The number of esters is 1. The molecule has 1 fully saturated rings. The van der Waals surface area contributed by atoms with Gasteiger partial charge in [0.05, 0.1) is 13.0 Å². The zero-order chi connectivity index (χ0) is 13.0. The van der Waals surface area contributed by atoms with Crippen molar-refractivity contribution in [2.75, 3.05) is 25.9 Å². The summed E-state index contributed by atoms with van der Waals surface area (Å²) in [6.45, 7) is 2.78. The van der Waals surface area contributed by atoms with E-state index in [0.717, 1.165) is 38.2 Å². The van der Waals surface area contributed by atoms with Gasteiger partial charge in [-0.1, -0.05) is 12.1 Å². The summed E-state index contributed by atoms with van der Waals surface area (Å²) in [4.78, 5) is 13.8. The zero-order valence-corrected chi connectivity index (χ0v) is 10.8. The number of ether oxygens (including phenoxy) is 1. The van der Waals surface area contributed by atoms with Crippen molar-refractivity contribution in [3.63, 3.8) is 0 Å². The summed E-state index contributed by atoms with van der Waals surface area (Å²) < 4.78 is 4.78. The summed E-state index contributed by atoms with van der Waals surface area (Å²) in [6, 6.07) is 7.97. The summed E-state index contributed by atoms with van der Waals surface area (Å²) >= 11 is 0. The van der Waals surface area contributed by atoms with Crippen LogP contribution in [0.25, 0.3) is 0 Å². The molecule has 1 aliphatic heterocycles. The van der Waals surface area contributed by atoms with Crippen LogP contribution in [0.1, 0.15) is 18.4 Å². The van der Waals surface area contributed by atoms with Gasteiger partial charge in [-0.3, -0.25) is 9.69 Å². The molecule has 0 unspecified atom stereocenters. The van der Waals surface area contributed by atoms with E-state index >= 15 is 0 Å². The summed E-state index contributed by atoms with van der Waals surface area (Å²) in [7, 11) is 1.46. The molecule has 1 aliphatic rings. The Kier molecular flexibility index (Phi) is 4.20. The second kappa shape index (κ2) is 5.87. The van der Waals surface area contributed by atoms with Gasteiger partial charge in [0.1, 0.15) is 0 Å². The quantitative estimate of drug-likeness (QED) is 0.653. The van der Waals surface area contributed by atoms with Gasteiger partial charge in [-0.25, -0.2) is 0 Å². The van der Waals surface area contributed by atoms with Crippen LogP contribution in [-0.4, -0.2) is 31.1 Å². The molecular weight excluding hydrogens is 228 g/mol. The van der Waals surface area contributed by atoms with Gasteiger partial charge >= 0.3 is 5.97 Å². The lowest BCUT2D eigenvalue weighted by Gasteiger charge is -2.30. The molecule has 0 bridgehead atoms. The van der Waals surface area contributed by atoms with Crippen LogP contribution in [0.3, 0.4) is 0 Å². The van der Waals surface area contributed by atoms with Gasteiger partial charge in [-0.15, -0.1) is 0 Å². The van der Waals surface area contributed by atoms with Crippen LogP contribution in [0.4, 0.5) is 5.69 Å². The molecule has 4 heteroatoms. The molecule has 4 nitrogen and oxygen atoms in total. The zero-order valence-electron chi connectivity index (χ0n) is 10.8. The van der Waals surface area contributed by atoms with Gasteiger partial charge in [-0.05, 0) is 43.6 Å². The van der Waals surface area contributed by atoms with Crippen molar-refractivity contribution in [1.29, 1.82) is 0 Å². The lowest BCUT2D eigenvalue weighted by molar-refractivity contribution is -0.147. The highest BCUT2D eigenvalue weighted by molar-refractivity contribution is 5.72. The van der Waals surface area contributed by atoms with E-state index in [1.54, 1.807) is 0 Å². The van der Waals surface area contributed by atoms with Crippen molar-refractivity contribution in [2.45, 2.75) is 19.4 Å². The summed E-state index contributed by atoms with van der Waals surface area (Å²) in [5.74, 6) is 0.00528. The Balaban J connectivity index is 1.85. The predicted molar refractivity (Wildman–Crippen MR) is 70.9 cm³/mol. The van der Waals surface area contributed by atoms with Gasteiger partial charge in [0, 0.05) is 12.2 Å². The Bertz CT molecular complexity index is 412. The van der Waals surface area contributed by atoms with E-state index in [0.29, 0.717) is 0 Å². The maximum Gasteiger partial charge on any atom is 0.308 e. The Labute approximate surface area is 108 Å². The highest BCUT2D eigenvalue weighted by Gasteiger charge is 2.25. The van der Waals surface area contributed by atoms with E-state index in [2.05, 4.69) is 11.0 Å². The highest BCUT2D eigenvalue weighted by atomic mass is 16.5. The first-order valence-electron chi connectivity index (χ1n) is 6.33. The molecule has 0 aliphatic carbocycles. The fourth-order valence-corrected chi connectivity index (χ4v) is 2.44. The number of piperidine rings is 1. The van der Waals surface area contributed by atoms with Crippen LogP contribution in [0.5, 0.6) is 0 Å². The average Bonchev–Trinajstić information content (AvgIpc) is 2.39. The van der Waals surface area contributed by atoms with E-state index in [-0.39, 0.29) is 11.9 Å². The third kappa shape index (κ3) is 3.23.